The van der Waals surface area contributed by atoms with Crippen molar-refractivity contribution < 1.29 is 13.2 Å². The van der Waals surface area contributed by atoms with Gasteiger partial charge in [-0.05, 0) is 59.0 Å². The Bertz CT molecular complexity index is 1210. The number of tetrazole rings is 1. The molecule has 0 radical (unpaired) electrons. The number of hydrogen-bond acceptors (Lipinski definition) is 8. The predicted molar refractivity (Wildman–Crippen MR) is 129 cm³/mol. The van der Waals surface area contributed by atoms with E-state index in [2.05, 4.69) is 25.7 Å². The first-order valence-corrected chi connectivity index (χ1v) is 13.3. The summed E-state index contributed by atoms with van der Waals surface area (Å²) in [6.45, 7) is 2.17. The monoisotopic (exact) mass is 507 g/mol. The number of nitrogens with one attached hydrogen (secondary N) is 1. The van der Waals surface area contributed by atoms with Crippen molar-refractivity contribution in [1.82, 2.24) is 24.5 Å². The maximum atomic E-state index is 12.4. The van der Waals surface area contributed by atoms with Crippen LogP contribution in [0.5, 0.6) is 0 Å². The van der Waals surface area contributed by atoms with Gasteiger partial charge in [0.15, 0.2) is 0 Å². The van der Waals surface area contributed by atoms with Crippen LogP contribution in [0.25, 0.3) is 5.69 Å². The zero-order valence-electron chi connectivity index (χ0n) is 17.8. The van der Waals surface area contributed by atoms with E-state index in [0.717, 1.165) is 11.4 Å². The van der Waals surface area contributed by atoms with E-state index in [1.54, 1.807) is 28.9 Å². The molecule has 2 heterocycles. The third-order valence-corrected chi connectivity index (χ3v) is 7.54. The lowest BCUT2D eigenvalue weighted by Gasteiger charge is -2.34. The Labute approximate surface area is 200 Å². The SMILES string of the molecule is CS(=O)(=O)N1CCN(c2ccc(NC(=O)CSc3nnnn3-c3ccc(Cl)cc3)cc2)CC1. The van der Waals surface area contributed by atoms with Crippen LogP contribution >= 0.6 is 23.4 Å². The van der Waals surface area contributed by atoms with Gasteiger partial charge in [0, 0.05) is 42.6 Å². The van der Waals surface area contributed by atoms with E-state index in [9.17, 15) is 13.2 Å². The second kappa shape index (κ2) is 10.1. The third kappa shape index (κ3) is 6.02. The maximum absolute atomic E-state index is 12.4. The molecule has 10 nitrogen and oxygen atoms in total. The van der Waals surface area contributed by atoms with Crippen LogP contribution in [0, 0.1) is 0 Å². The van der Waals surface area contributed by atoms with Crippen molar-refractivity contribution in [2.45, 2.75) is 5.16 Å². The second-order valence-electron chi connectivity index (χ2n) is 7.38. The Morgan fingerprint density at radius 1 is 1.03 bits per heavy atom. The van der Waals surface area contributed by atoms with Crippen molar-refractivity contribution in [2.24, 2.45) is 0 Å². The number of hydrogen-bond donors (Lipinski definition) is 1. The summed E-state index contributed by atoms with van der Waals surface area (Å²) in [5.74, 6) is -0.0384. The highest BCUT2D eigenvalue weighted by Gasteiger charge is 2.23. The molecule has 1 aliphatic rings. The smallest absolute Gasteiger partial charge is 0.234 e. The molecule has 1 saturated heterocycles. The molecule has 2 aromatic carbocycles. The van der Waals surface area contributed by atoms with Crippen LogP contribution < -0.4 is 10.2 Å². The molecule has 1 fully saturated rings. The van der Waals surface area contributed by atoms with Gasteiger partial charge < -0.3 is 10.2 Å². The van der Waals surface area contributed by atoms with Crippen molar-refractivity contribution >= 4 is 50.7 Å². The Morgan fingerprint density at radius 3 is 2.30 bits per heavy atom. The van der Waals surface area contributed by atoms with Crippen LogP contribution in [0.4, 0.5) is 11.4 Å². The summed E-state index contributed by atoms with van der Waals surface area (Å²) in [4.78, 5) is 14.5. The van der Waals surface area contributed by atoms with Gasteiger partial charge in [0.2, 0.25) is 21.1 Å². The van der Waals surface area contributed by atoms with E-state index >= 15 is 0 Å². The van der Waals surface area contributed by atoms with Crippen LogP contribution in [0.3, 0.4) is 0 Å². The van der Waals surface area contributed by atoms with Crippen molar-refractivity contribution in [1.29, 1.82) is 0 Å². The number of piperazine rings is 1. The molecule has 0 unspecified atom stereocenters. The second-order valence-corrected chi connectivity index (χ2v) is 10.7. The molecule has 0 atom stereocenters. The first-order valence-electron chi connectivity index (χ1n) is 10.1. The fourth-order valence-electron chi connectivity index (χ4n) is 3.37. The fourth-order valence-corrected chi connectivity index (χ4v) is 5.02. The highest BCUT2D eigenvalue weighted by atomic mass is 35.5. The Balaban J connectivity index is 1.30. The first kappa shape index (κ1) is 23.5. The number of halogens is 1. The zero-order chi connectivity index (χ0) is 23.4. The number of benzene rings is 2. The summed E-state index contributed by atoms with van der Waals surface area (Å²) in [5, 5.41) is 15.6. The third-order valence-electron chi connectivity index (χ3n) is 5.07. The molecule has 0 spiro atoms. The van der Waals surface area contributed by atoms with Crippen molar-refractivity contribution in [3.05, 3.63) is 53.6 Å². The van der Waals surface area contributed by atoms with E-state index in [1.807, 2.05) is 24.3 Å². The minimum atomic E-state index is -3.16. The van der Waals surface area contributed by atoms with E-state index in [1.165, 1.54) is 22.3 Å². The van der Waals surface area contributed by atoms with Gasteiger partial charge in [-0.15, -0.1) is 5.10 Å². The van der Waals surface area contributed by atoms with Gasteiger partial charge in [-0.25, -0.2) is 8.42 Å². The minimum Gasteiger partial charge on any atom is -0.369 e. The number of rotatable bonds is 7. The summed E-state index contributed by atoms with van der Waals surface area (Å²) < 4.78 is 26.3. The molecule has 1 amide bonds. The van der Waals surface area contributed by atoms with E-state index < -0.39 is 10.0 Å². The molecule has 33 heavy (non-hydrogen) atoms. The Kier molecular flexibility index (Phi) is 7.17. The lowest BCUT2D eigenvalue weighted by atomic mass is 10.2. The van der Waals surface area contributed by atoms with Crippen molar-refractivity contribution in [3.8, 4) is 5.69 Å². The topological polar surface area (TPSA) is 113 Å². The number of nitrogens with zero attached hydrogens (tertiary/aromatic N) is 6. The number of amides is 1. The lowest BCUT2D eigenvalue weighted by molar-refractivity contribution is -0.113. The summed E-state index contributed by atoms with van der Waals surface area (Å²) in [5.41, 5.74) is 2.41. The Morgan fingerprint density at radius 2 is 1.67 bits per heavy atom. The molecule has 174 valence electrons. The predicted octanol–water partition coefficient (Wildman–Crippen LogP) is 2.13. The molecule has 3 aromatic rings. The summed E-state index contributed by atoms with van der Waals surface area (Å²) in [7, 11) is -3.16. The molecule has 4 rings (SSSR count). The summed E-state index contributed by atoms with van der Waals surface area (Å²) in [6.07, 6.45) is 1.23. The highest BCUT2D eigenvalue weighted by Crippen LogP contribution is 2.22. The molecule has 1 aromatic heterocycles. The summed E-state index contributed by atoms with van der Waals surface area (Å²) in [6, 6.07) is 14.6. The number of thioether (sulfide) groups is 1. The maximum Gasteiger partial charge on any atom is 0.234 e. The first-order chi connectivity index (χ1) is 15.8. The largest absolute Gasteiger partial charge is 0.369 e. The molecule has 1 aliphatic heterocycles. The quantitative estimate of drug-likeness (QED) is 0.484. The van der Waals surface area contributed by atoms with Gasteiger partial charge in [-0.1, -0.05) is 23.4 Å². The average molecular weight is 508 g/mol. The van der Waals surface area contributed by atoms with Crippen LogP contribution in [-0.4, -0.2) is 77.0 Å². The summed E-state index contributed by atoms with van der Waals surface area (Å²) >= 11 is 7.15. The van der Waals surface area contributed by atoms with E-state index in [-0.39, 0.29) is 11.7 Å². The minimum absolute atomic E-state index is 0.142. The van der Waals surface area contributed by atoms with Crippen molar-refractivity contribution in [3.63, 3.8) is 0 Å². The molecular formula is C20H22ClN7O3S2. The van der Waals surface area contributed by atoms with Gasteiger partial charge in [0.25, 0.3) is 0 Å². The number of sulfonamides is 1. The number of carbonyl (C=O) groups is 1. The lowest BCUT2D eigenvalue weighted by Crippen LogP contribution is -2.48. The van der Waals surface area contributed by atoms with Crippen LogP contribution in [0.2, 0.25) is 5.02 Å². The molecule has 0 bridgehead atoms. The van der Waals surface area contributed by atoms with Crippen LogP contribution in [0.1, 0.15) is 0 Å². The van der Waals surface area contributed by atoms with Gasteiger partial charge in [-0.3, -0.25) is 4.79 Å². The molecule has 13 heteroatoms. The standard InChI is InChI=1S/C20H22ClN7O3S2/c1-33(30,31)27-12-10-26(11-13-27)17-8-4-16(5-9-17)22-19(29)14-32-20-23-24-25-28(20)18-6-2-15(21)3-7-18/h2-9H,10-14H2,1H3,(H,22,29). The van der Waals surface area contributed by atoms with E-state index in [0.29, 0.717) is 42.0 Å². The number of aromatic nitrogens is 4. The van der Waals surface area contributed by atoms with Crippen LogP contribution in [0.15, 0.2) is 53.7 Å². The average Bonchev–Trinajstić information content (AvgIpc) is 3.27. The van der Waals surface area contributed by atoms with Gasteiger partial charge in [-0.2, -0.15) is 8.99 Å². The fraction of sp³-hybridized carbons (Fsp3) is 0.300. The van der Waals surface area contributed by atoms with Gasteiger partial charge in [0.1, 0.15) is 0 Å². The zero-order valence-corrected chi connectivity index (χ0v) is 20.1. The molecule has 0 aliphatic carbocycles. The van der Waals surface area contributed by atoms with E-state index in [4.69, 9.17) is 11.6 Å². The molecular weight excluding hydrogens is 486 g/mol. The number of carbonyl (C=O) groups excluding carboxylic acids is 1. The highest BCUT2D eigenvalue weighted by molar-refractivity contribution is 7.99. The molecule has 0 saturated carbocycles. The number of anilines is 2. The van der Waals surface area contributed by atoms with Gasteiger partial charge >= 0.3 is 0 Å². The van der Waals surface area contributed by atoms with Crippen molar-refractivity contribution in [2.75, 3.05) is 48.4 Å². The Hall–Kier alpha value is -2.67. The van der Waals surface area contributed by atoms with Gasteiger partial charge in [0.05, 0.1) is 17.7 Å². The molecule has 1 N–H and O–H groups in total. The normalized spacial score (nSPS) is 14.9. The van der Waals surface area contributed by atoms with Crippen LogP contribution in [-0.2, 0) is 14.8 Å².